The van der Waals surface area contributed by atoms with Gasteiger partial charge in [-0.25, -0.2) is 4.98 Å². The summed E-state index contributed by atoms with van der Waals surface area (Å²) in [4.78, 5) is 21.4. The first-order valence-electron chi connectivity index (χ1n) is 6.83. The Morgan fingerprint density at radius 3 is 3.05 bits per heavy atom. The molecule has 0 spiro atoms. The molecule has 0 saturated carbocycles. The molecule has 1 aromatic heterocycles. The maximum absolute atomic E-state index is 11.4. The molecule has 0 aliphatic carbocycles. The van der Waals surface area contributed by atoms with Crippen molar-refractivity contribution in [2.75, 3.05) is 24.6 Å². The Morgan fingerprint density at radius 2 is 2.41 bits per heavy atom. The molecule has 8 heteroatoms. The van der Waals surface area contributed by atoms with Crippen molar-refractivity contribution in [3.63, 3.8) is 0 Å². The summed E-state index contributed by atoms with van der Waals surface area (Å²) in [5.74, 6) is 1.64. The van der Waals surface area contributed by atoms with E-state index in [-0.39, 0.29) is 4.92 Å². The van der Waals surface area contributed by atoms with Crippen LogP contribution < -0.4 is 0 Å². The van der Waals surface area contributed by atoms with Gasteiger partial charge < -0.3 is 4.90 Å². The zero-order chi connectivity index (χ0) is 15.9. The van der Waals surface area contributed by atoms with Gasteiger partial charge in [0.05, 0.1) is 12.3 Å². The van der Waals surface area contributed by atoms with Crippen LogP contribution in [0.25, 0.3) is 0 Å². The average molecular weight is 341 g/mol. The Morgan fingerprint density at radius 1 is 1.59 bits per heavy atom. The molecule has 0 amide bonds. The lowest BCUT2D eigenvalue weighted by molar-refractivity contribution is -0.498. The molecule has 2 heterocycles. The van der Waals surface area contributed by atoms with Gasteiger partial charge in [0.1, 0.15) is 5.15 Å². The smallest absolute Gasteiger partial charge is 0.278 e. The second-order valence-electron chi connectivity index (χ2n) is 4.78. The van der Waals surface area contributed by atoms with Crippen LogP contribution in [0.4, 0.5) is 0 Å². The second kappa shape index (κ2) is 8.14. The van der Waals surface area contributed by atoms with Crippen molar-refractivity contribution in [2.45, 2.75) is 12.6 Å². The van der Waals surface area contributed by atoms with Crippen molar-refractivity contribution in [2.24, 2.45) is 4.99 Å². The molecule has 0 aromatic carbocycles. The monoisotopic (exact) mass is 340 g/mol. The normalized spacial score (nSPS) is 15.5. The van der Waals surface area contributed by atoms with Gasteiger partial charge in [-0.2, -0.15) is 11.8 Å². The number of hydrogen-bond acceptors (Lipinski definition) is 6. The molecule has 1 aliphatic heterocycles. The molecule has 2 rings (SSSR count). The van der Waals surface area contributed by atoms with Crippen molar-refractivity contribution in [3.8, 4) is 0 Å². The fourth-order valence-corrected chi connectivity index (χ4v) is 3.10. The number of amidine groups is 1. The van der Waals surface area contributed by atoms with E-state index in [1.54, 1.807) is 18.3 Å². The highest BCUT2D eigenvalue weighted by Crippen LogP contribution is 2.16. The predicted molar refractivity (Wildman–Crippen MR) is 90.3 cm³/mol. The molecule has 0 radical (unpaired) electrons. The van der Waals surface area contributed by atoms with E-state index in [9.17, 15) is 10.1 Å². The Hall–Kier alpha value is -1.60. The van der Waals surface area contributed by atoms with Crippen molar-refractivity contribution >= 4 is 29.2 Å². The summed E-state index contributed by atoms with van der Waals surface area (Å²) in [5.41, 5.74) is 0.958. The number of thioether (sulfide) groups is 1. The lowest BCUT2D eigenvalue weighted by atomic mass is 10.2. The molecule has 1 aliphatic rings. The second-order valence-corrected chi connectivity index (χ2v) is 6.24. The SMILES string of the molecule is C=CCSCC(C1=NCCN1Cc1ccc(Cl)nc1)[N+](=O)[O-]. The lowest BCUT2D eigenvalue weighted by Gasteiger charge is -2.22. The maximum Gasteiger partial charge on any atom is 0.278 e. The van der Waals surface area contributed by atoms with Crippen LogP contribution >= 0.6 is 23.4 Å². The first kappa shape index (κ1) is 16.8. The molecular formula is C14H17ClN4O2S. The van der Waals surface area contributed by atoms with Crippen LogP contribution in [-0.4, -0.2) is 51.3 Å². The molecule has 1 atom stereocenters. The lowest BCUT2D eigenvalue weighted by Crippen LogP contribution is -2.41. The zero-order valence-corrected chi connectivity index (χ0v) is 13.6. The minimum Gasteiger partial charge on any atom is -0.348 e. The molecule has 0 bridgehead atoms. The van der Waals surface area contributed by atoms with E-state index in [0.717, 1.165) is 5.56 Å². The fraction of sp³-hybridized carbons (Fsp3) is 0.429. The van der Waals surface area contributed by atoms with Crippen molar-refractivity contribution in [1.82, 2.24) is 9.88 Å². The van der Waals surface area contributed by atoms with Gasteiger partial charge in [0.15, 0.2) is 5.84 Å². The number of nitrogens with zero attached hydrogens (tertiary/aromatic N) is 4. The van der Waals surface area contributed by atoms with Gasteiger partial charge in [-0.15, -0.1) is 6.58 Å². The number of pyridine rings is 1. The summed E-state index contributed by atoms with van der Waals surface area (Å²) < 4.78 is 0. The van der Waals surface area contributed by atoms with Crippen molar-refractivity contribution in [3.05, 3.63) is 51.8 Å². The standard InChI is InChI=1S/C14H17ClN4O2S/c1-2-7-22-10-12(19(20)21)14-16-5-6-18(14)9-11-3-4-13(15)17-8-11/h2-4,8,12H,1,5-7,9-10H2. The Bertz CT molecular complexity index is 564. The highest BCUT2D eigenvalue weighted by molar-refractivity contribution is 7.99. The van der Waals surface area contributed by atoms with Crippen LogP contribution in [0.1, 0.15) is 5.56 Å². The Labute approximate surface area is 138 Å². The van der Waals surface area contributed by atoms with Crippen LogP contribution in [0.5, 0.6) is 0 Å². The summed E-state index contributed by atoms with van der Waals surface area (Å²) in [7, 11) is 0. The van der Waals surface area contributed by atoms with Gasteiger partial charge in [-0.05, 0) is 11.6 Å². The summed E-state index contributed by atoms with van der Waals surface area (Å²) in [5, 5.41) is 11.8. The van der Waals surface area contributed by atoms with Crippen LogP contribution in [0.2, 0.25) is 5.15 Å². The fourth-order valence-electron chi connectivity index (χ4n) is 2.19. The van der Waals surface area contributed by atoms with E-state index in [4.69, 9.17) is 11.6 Å². The highest BCUT2D eigenvalue weighted by Gasteiger charge is 2.33. The molecule has 1 unspecified atom stereocenters. The van der Waals surface area contributed by atoms with E-state index < -0.39 is 6.04 Å². The molecule has 22 heavy (non-hydrogen) atoms. The largest absolute Gasteiger partial charge is 0.348 e. The number of aromatic nitrogens is 1. The number of nitro groups is 1. The molecule has 6 nitrogen and oxygen atoms in total. The van der Waals surface area contributed by atoms with Gasteiger partial charge in [-0.1, -0.05) is 23.7 Å². The van der Waals surface area contributed by atoms with Crippen LogP contribution in [-0.2, 0) is 6.54 Å². The summed E-state index contributed by atoms with van der Waals surface area (Å²) in [6, 6.07) is 2.81. The first-order chi connectivity index (χ1) is 10.6. The predicted octanol–water partition coefficient (Wildman–Crippen LogP) is 2.51. The molecule has 0 N–H and O–H groups in total. The van der Waals surface area contributed by atoms with Gasteiger partial charge in [0, 0.05) is 30.0 Å². The molecular weight excluding hydrogens is 324 g/mol. The van der Waals surface area contributed by atoms with Crippen molar-refractivity contribution < 1.29 is 4.92 Å². The summed E-state index contributed by atoms with van der Waals surface area (Å²) in [6.07, 6.45) is 3.43. The molecule has 0 fully saturated rings. The zero-order valence-electron chi connectivity index (χ0n) is 12.0. The third kappa shape index (κ3) is 4.45. The Kier molecular flexibility index (Phi) is 6.21. The average Bonchev–Trinajstić information content (AvgIpc) is 2.93. The van der Waals surface area contributed by atoms with Gasteiger partial charge in [-0.3, -0.25) is 15.1 Å². The van der Waals surface area contributed by atoms with E-state index in [0.29, 0.717) is 42.1 Å². The van der Waals surface area contributed by atoms with E-state index in [1.165, 1.54) is 11.8 Å². The van der Waals surface area contributed by atoms with Gasteiger partial charge >= 0.3 is 0 Å². The number of aliphatic imine (C=N–C) groups is 1. The third-order valence-corrected chi connectivity index (χ3v) is 4.44. The van der Waals surface area contributed by atoms with Crippen LogP contribution in [0, 0.1) is 10.1 Å². The van der Waals surface area contributed by atoms with Crippen LogP contribution in [0.3, 0.4) is 0 Å². The van der Waals surface area contributed by atoms with Gasteiger partial charge in [0.2, 0.25) is 0 Å². The topological polar surface area (TPSA) is 71.6 Å². The quantitative estimate of drug-likeness (QED) is 0.239. The summed E-state index contributed by atoms with van der Waals surface area (Å²) >= 11 is 7.26. The third-order valence-electron chi connectivity index (χ3n) is 3.19. The molecule has 0 saturated heterocycles. The highest BCUT2D eigenvalue weighted by atomic mass is 35.5. The number of halogens is 1. The first-order valence-corrected chi connectivity index (χ1v) is 8.37. The minimum absolute atomic E-state index is 0.257. The molecule has 1 aromatic rings. The van der Waals surface area contributed by atoms with E-state index in [2.05, 4.69) is 16.6 Å². The minimum atomic E-state index is -0.785. The maximum atomic E-state index is 11.4. The summed E-state index contributed by atoms with van der Waals surface area (Å²) in [6.45, 7) is 5.46. The van der Waals surface area contributed by atoms with Crippen molar-refractivity contribution in [1.29, 1.82) is 0 Å². The number of hydrogen-bond donors (Lipinski definition) is 0. The van der Waals surface area contributed by atoms with Crippen LogP contribution in [0.15, 0.2) is 36.0 Å². The Balaban J connectivity index is 2.05. The number of rotatable bonds is 8. The van der Waals surface area contributed by atoms with Gasteiger partial charge in [0.25, 0.3) is 6.04 Å². The molecule has 118 valence electrons. The van der Waals surface area contributed by atoms with E-state index >= 15 is 0 Å². The van der Waals surface area contributed by atoms with E-state index in [1.807, 2.05) is 11.0 Å².